The van der Waals surface area contributed by atoms with E-state index in [9.17, 15) is 14.4 Å². The van der Waals surface area contributed by atoms with Crippen LogP contribution in [0.1, 0.15) is 12.0 Å². The Labute approximate surface area is 134 Å². The van der Waals surface area contributed by atoms with E-state index in [-0.39, 0.29) is 47.9 Å². The molecule has 1 saturated carbocycles. The Morgan fingerprint density at radius 1 is 1.09 bits per heavy atom. The summed E-state index contributed by atoms with van der Waals surface area (Å²) in [6, 6.07) is 7.41. The van der Waals surface area contributed by atoms with Gasteiger partial charge in [0.05, 0.1) is 11.8 Å². The average molecular weight is 310 g/mol. The maximum atomic E-state index is 12.5. The summed E-state index contributed by atoms with van der Waals surface area (Å²) in [5, 5.41) is 2.74. The van der Waals surface area contributed by atoms with Gasteiger partial charge in [-0.3, -0.25) is 19.3 Å². The van der Waals surface area contributed by atoms with Crippen LogP contribution in [0.4, 0.5) is 5.69 Å². The van der Waals surface area contributed by atoms with Gasteiger partial charge in [-0.2, -0.15) is 0 Å². The predicted molar refractivity (Wildman–Crippen MR) is 84.2 cm³/mol. The van der Waals surface area contributed by atoms with Crippen molar-refractivity contribution in [1.29, 1.82) is 0 Å². The first-order chi connectivity index (χ1) is 11.0. The Morgan fingerprint density at radius 2 is 1.65 bits per heavy atom. The monoisotopic (exact) mass is 310 g/mol. The molecule has 3 amide bonds. The number of nitrogens with one attached hydrogen (secondary N) is 1. The summed E-state index contributed by atoms with van der Waals surface area (Å²) in [5.74, 6) is -0.852. The van der Waals surface area contributed by atoms with Gasteiger partial charge in [-0.15, -0.1) is 0 Å². The summed E-state index contributed by atoms with van der Waals surface area (Å²) in [6.07, 6.45) is 5.00. The Kier molecular flexibility index (Phi) is 3.11. The molecule has 23 heavy (non-hydrogen) atoms. The predicted octanol–water partition coefficient (Wildman–Crippen LogP) is 1.74. The first kappa shape index (κ1) is 14.2. The summed E-state index contributed by atoms with van der Waals surface area (Å²) in [7, 11) is 0. The van der Waals surface area contributed by atoms with Crippen LogP contribution >= 0.6 is 0 Å². The normalized spacial score (nSPS) is 30.9. The van der Waals surface area contributed by atoms with Gasteiger partial charge in [-0.25, -0.2) is 0 Å². The number of benzene rings is 1. The van der Waals surface area contributed by atoms with E-state index in [1.165, 1.54) is 0 Å². The van der Waals surface area contributed by atoms with Crippen molar-refractivity contribution < 1.29 is 14.4 Å². The number of aryl methyl sites for hydroxylation is 1. The molecule has 0 radical (unpaired) electrons. The lowest BCUT2D eigenvalue weighted by Gasteiger charge is -2.16. The molecule has 5 nitrogen and oxygen atoms in total. The van der Waals surface area contributed by atoms with Crippen LogP contribution in [0.15, 0.2) is 36.4 Å². The number of imide groups is 1. The zero-order valence-corrected chi connectivity index (χ0v) is 12.9. The minimum Gasteiger partial charge on any atom is -0.325 e. The molecular formula is C18H18N2O3. The first-order valence-corrected chi connectivity index (χ1v) is 7.94. The zero-order chi connectivity index (χ0) is 16.1. The van der Waals surface area contributed by atoms with Gasteiger partial charge in [0.1, 0.15) is 6.54 Å². The molecule has 3 aliphatic rings. The van der Waals surface area contributed by atoms with Gasteiger partial charge < -0.3 is 5.32 Å². The van der Waals surface area contributed by atoms with Crippen molar-refractivity contribution in [2.24, 2.45) is 23.7 Å². The molecule has 0 unspecified atom stereocenters. The van der Waals surface area contributed by atoms with Crippen LogP contribution in [-0.4, -0.2) is 29.2 Å². The highest BCUT2D eigenvalue weighted by Gasteiger charge is 2.59. The molecule has 118 valence electrons. The zero-order valence-electron chi connectivity index (χ0n) is 12.9. The van der Waals surface area contributed by atoms with E-state index in [0.29, 0.717) is 5.69 Å². The number of rotatable bonds is 3. The molecule has 5 heteroatoms. The fourth-order valence-electron chi connectivity index (χ4n) is 4.10. The number of nitrogens with zero attached hydrogens (tertiary/aromatic N) is 1. The van der Waals surface area contributed by atoms with Crippen LogP contribution in [0.3, 0.4) is 0 Å². The Bertz CT molecular complexity index is 692. The average Bonchev–Trinajstić information content (AvgIpc) is 3.19. The van der Waals surface area contributed by atoms with Crippen molar-refractivity contribution in [2.45, 2.75) is 13.3 Å². The highest BCUT2D eigenvalue weighted by molar-refractivity contribution is 6.09. The highest BCUT2D eigenvalue weighted by atomic mass is 16.2. The minimum absolute atomic E-state index is 0.173. The molecule has 2 fully saturated rings. The number of amides is 3. The van der Waals surface area contributed by atoms with Crippen molar-refractivity contribution in [3.8, 4) is 0 Å². The van der Waals surface area contributed by atoms with Crippen molar-refractivity contribution in [2.75, 3.05) is 11.9 Å². The maximum Gasteiger partial charge on any atom is 0.244 e. The third-order valence-electron chi connectivity index (χ3n) is 5.20. The summed E-state index contributed by atoms with van der Waals surface area (Å²) < 4.78 is 0. The third kappa shape index (κ3) is 2.19. The molecular weight excluding hydrogens is 292 g/mol. The lowest BCUT2D eigenvalue weighted by molar-refractivity contribution is -0.143. The van der Waals surface area contributed by atoms with E-state index < -0.39 is 0 Å². The number of likely N-dealkylation sites (tertiary alicyclic amines) is 1. The highest BCUT2D eigenvalue weighted by Crippen LogP contribution is 2.52. The second-order valence-corrected chi connectivity index (χ2v) is 6.68. The van der Waals surface area contributed by atoms with Crippen molar-refractivity contribution in [1.82, 2.24) is 4.90 Å². The van der Waals surface area contributed by atoms with Crippen LogP contribution in [0, 0.1) is 30.6 Å². The molecule has 1 saturated heterocycles. The molecule has 1 aliphatic heterocycles. The number of carbonyl (C=O) groups excluding carboxylic acids is 3. The summed E-state index contributed by atoms with van der Waals surface area (Å²) >= 11 is 0. The summed E-state index contributed by atoms with van der Waals surface area (Å²) in [4.78, 5) is 38.3. The molecule has 1 aromatic rings. The molecule has 4 rings (SSSR count). The lowest BCUT2D eigenvalue weighted by Crippen LogP contribution is -2.39. The second-order valence-electron chi connectivity index (χ2n) is 6.68. The number of allylic oxidation sites excluding steroid dienone is 2. The third-order valence-corrected chi connectivity index (χ3v) is 5.20. The molecule has 4 atom stereocenters. The summed E-state index contributed by atoms with van der Waals surface area (Å²) in [5.41, 5.74) is 1.77. The van der Waals surface area contributed by atoms with E-state index in [2.05, 4.69) is 5.32 Å². The fraction of sp³-hybridized carbons (Fsp3) is 0.389. The lowest BCUT2D eigenvalue weighted by atomic mass is 9.85. The maximum absolute atomic E-state index is 12.5. The molecule has 1 N–H and O–H groups in total. The van der Waals surface area contributed by atoms with Crippen LogP contribution in [0.5, 0.6) is 0 Å². The topological polar surface area (TPSA) is 66.5 Å². The van der Waals surface area contributed by atoms with E-state index in [4.69, 9.17) is 0 Å². The van der Waals surface area contributed by atoms with Crippen LogP contribution in [0.25, 0.3) is 0 Å². The van der Waals surface area contributed by atoms with Gasteiger partial charge in [0.25, 0.3) is 0 Å². The number of hydrogen-bond acceptors (Lipinski definition) is 3. The van der Waals surface area contributed by atoms with Crippen LogP contribution < -0.4 is 5.32 Å². The van der Waals surface area contributed by atoms with Crippen LogP contribution in [0.2, 0.25) is 0 Å². The van der Waals surface area contributed by atoms with Gasteiger partial charge in [-0.1, -0.05) is 29.8 Å². The SMILES string of the molecule is Cc1ccc(NC(=O)CN2C(=O)[C@H]3[C@H](C2=O)[C@H]2C=C[C@H]3C2)cc1. The van der Waals surface area contributed by atoms with E-state index in [1.54, 1.807) is 12.1 Å². The smallest absolute Gasteiger partial charge is 0.244 e. The van der Waals surface area contributed by atoms with Crippen molar-refractivity contribution in [3.63, 3.8) is 0 Å². The Hall–Kier alpha value is -2.43. The quantitative estimate of drug-likeness (QED) is 0.683. The number of hydrogen-bond donors (Lipinski definition) is 1. The van der Waals surface area contributed by atoms with Crippen molar-refractivity contribution in [3.05, 3.63) is 42.0 Å². The van der Waals surface area contributed by atoms with E-state index >= 15 is 0 Å². The van der Waals surface area contributed by atoms with Gasteiger partial charge in [0.15, 0.2) is 0 Å². The van der Waals surface area contributed by atoms with E-state index in [0.717, 1.165) is 16.9 Å². The largest absolute Gasteiger partial charge is 0.325 e. The molecule has 2 aliphatic carbocycles. The molecule has 1 heterocycles. The first-order valence-electron chi connectivity index (χ1n) is 7.94. The minimum atomic E-state index is -0.337. The standard InChI is InChI=1S/C18H18N2O3/c1-10-2-6-13(7-3-10)19-14(21)9-20-17(22)15-11-4-5-12(8-11)16(15)18(20)23/h2-7,11-12,15-16H,8-9H2,1H3,(H,19,21)/t11-,12-,15+,16+/m0/s1. The molecule has 0 spiro atoms. The second kappa shape index (κ2) is 5.05. The number of fused-ring (bicyclic) bond motifs is 5. The van der Waals surface area contributed by atoms with Gasteiger partial charge in [0.2, 0.25) is 17.7 Å². The van der Waals surface area contributed by atoms with Gasteiger partial charge in [0, 0.05) is 5.69 Å². The Morgan fingerprint density at radius 3 is 2.22 bits per heavy atom. The summed E-state index contributed by atoms with van der Waals surface area (Å²) in [6.45, 7) is 1.77. The van der Waals surface area contributed by atoms with Gasteiger partial charge in [-0.05, 0) is 37.3 Å². The Balaban J connectivity index is 1.45. The molecule has 2 bridgehead atoms. The van der Waals surface area contributed by atoms with E-state index in [1.807, 2.05) is 31.2 Å². The van der Waals surface area contributed by atoms with Crippen LogP contribution in [-0.2, 0) is 14.4 Å². The van der Waals surface area contributed by atoms with Gasteiger partial charge >= 0.3 is 0 Å². The number of carbonyl (C=O) groups is 3. The number of anilines is 1. The van der Waals surface area contributed by atoms with Crippen molar-refractivity contribution >= 4 is 23.4 Å². The fourth-order valence-corrected chi connectivity index (χ4v) is 4.10. The molecule has 0 aromatic heterocycles. The molecule has 1 aromatic carbocycles.